The number of thiocarbonyl (C=S) groups is 1. The fourth-order valence-corrected chi connectivity index (χ4v) is 0.689. The van der Waals surface area contributed by atoms with Gasteiger partial charge in [-0.3, -0.25) is 0 Å². The van der Waals surface area contributed by atoms with Crippen molar-refractivity contribution < 1.29 is 24.4 Å². The van der Waals surface area contributed by atoms with Crippen molar-refractivity contribution in [3.8, 4) is 0 Å². The van der Waals surface area contributed by atoms with Gasteiger partial charge in [0.2, 0.25) is 6.33 Å². The lowest BCUT2D eigenvalue weighted by molar-refractivity contribution is -0.671. The first-order valence-electron chi connectivity index (χ1n) is 4.37. The van der Waals surface area contributed by atoms with Crippen LogP contribution in [0.5, 0.6) is 0 Å². The molecule has 0 saturated carbocycles. The van der Waals surface area contributed by atoms with Gasteiger partial charge < -0.3 is 15.6 Å². The number of hydrogen-bond acceptors (Lipinski definition) is 3. The van der Waals surface area contributed by atoms with Crippen molar-refractivity contribution in [3.63, 3.8) is 0 Å². The standard InChI is InChI=1S/C6H11N2.C2H2O4.CNS/c1-3-8-5-4-7(2)6-8;3-1(4)2(5)6;2-1-3/h4-6H,3H2,1-2H3;(H,3,4)(H,5,6);/q+1;;-1. The molecule has 0 amide bonds. The minimum Gasteiger partial charge on any atom is -0.753 e. The van der Waals surface area contributed by atoms with Gasteiger partial charge in [-0.1, -0.05) is 12.2 Å². The van der Waals surface area contributed by atoms with E-state index in [0.717, 1.165) is 6.54 Å². The molecule has 1 aromatic rings. The number of carbonyl (C=O) groups is 2. The maximum absolute atomic E-state index is 9.10. The number of isothiocyanates is 1. The predicted octanol–water partition coefficient (Wildman–Crippen LogP) is 0.147. The Labute approximate surface area is 103 Å². The van der Waals surface area contributed by atoms with Crippen LogP contribution in [0.15, 0.2) is 18.7 Å². The molecule has 1 heterocycles. The molecule has 2 N–H and O–H groups in total. The summed E-state index contributed by atoms with van der Waals surface area (Å²) < 4.78 is 4.16. The first kappa shape index (κ1) is 17.3. The van der Waals surface area contributed by atoms with E-state index in [1.807, 2.05) is 17.8 Å². The fraction of sp³-hybridized carbons (Fsp3) is 0.333. The van der Waals surface area contributed by atoms with Crippen LogP contribution in [-0.4, -0.2) is 31.9 Å². The molecule has 7 nitrogen and oxygen atoms in total. The van der Waals surface area contributed by atoms with Crippen LogP contribution >= 0.6 is 12.2 Å². The zero-order chi connectivity index (χ0) is 13.8. The Morgan fingerprint density at radius 1 is 1.47 bits per heavy atom. The number of imidazole rings is 1. The Morgan fingerprint density at radius 3 is 2.00 bits per heavy atom. The lowest BCUT2D eigenvalue weighted by Crippen LogP contribution is -2.23. The minimum absolute atomic E-state index is 1.06. The van der Waals surface area contributed by atoms with Crippen molar-refractivity contribution >= 4 is 29.3 Å². The van der Waals surface area contributed by atoms with Crippen LogP contribution in [0.4, 0.5) is 0 Å². The summed E-state index contributed by atoms with van der Waals surface area (Å²) in [6, 6.07) is 0. The summed E-state index contributed by atoms with van der Waals surface area (Å²) in [5.74, 6) is -3.65. The molecular weight excluding hydrogens is 246 g/mol. The molecule has 0 aliphatic rings. The van der Waals surface area contributed by atoms with Crippen molar-refractivity contribution in [1.29, 1.82) is 0 Å². The summed E-state index contributed by atoms with van der Waals surface area (Å²) in [6.45, 7) is 3.18. The topological polar surface area (TPSA) is 106 Å². The number of rotatable bonds is 1. The lowest BCUT2D eigenvalue weighted by Gasteiger charge is -1.81. The Kier molecular flexibility index (Phi) is 10.7. The average molecular weight is 259 g/mol. The van der Waals surface area contributed by atoms with Gasteiger partial charge in [-0.25, -0.2) is 18.7 Å². The first-order chi connectivity index (χ1) is 7.88. The molecule has 0 saturated heterocycles. The molecular formula is C9H13N3O4S. The highest BCUT2D eigenvalue weighted by molar-refractivity contribution is 7.78. The second-order valence-corrected chi connectivity index (χ2v) is 2.79. The lowest BCUT2D eigenvalue weighted by atomic mass is 10.7. The van der Waals surface area contributed by atoms with Crippen molar-refractivity contribution in [2.24, 2.45) is 7.05 Å². The highest BCUT2D eigenvalue weighted by Gasteiger charge is 2.04. The van der Waals surface area contributed by atoms with Gasteiger partial charge in [0.1, 0.15) is 12.4 Å². The maximum atomic E-state index is 9.10. The summed E-state index contributed by atoms with van der Waals surface area (Å²) in [6.07, 6.45) is 6.14. The fourth-order valence-electron chi connectivity index (χ4n) is 0.689. The molecule has 0 spiro atoms. The van der Waals surface area contributed by atoms with Crippen molar-refractivity contribution in [2.45, 2.75) is 13.5 Å². The largest absolute Gasteiger partial charge is 0.753 e. The Hall–Kier alpha value is -2.05. The molecule has 0 bridgehead atoms. The van der Waals surface area contributed by atoms with Crippen LogP contribution < -0.4 is 4.57 Å². The summed E-state index contributed by atoms with van der Waals surface area (Å²) in [7, 11) is 2.02. The van der Waals surface area contributed by atoms with Gasteiger partial charge in [0.25, 0.3) is 0 Å². The summed E-state index contributed by atoms with van der Waals surface area (Å²) in [5.41, 5.74) is 0. The molecule has 0 unspecified atom stereocenters. The second kappa shape index (κ2) is 10.5. The summed E-state index contributed by atoms with van der Waals surface area (Å²) in [4.78, 5) is 18.2. The van der Waals surface area contributed by atoms with Gasteiger partial charge in [0, 0.05) is 0 Å². The van der Waals surface area contributed by atoms with E-state index in [4.69, 9.17) is 25.2 Å². The van der Waals surface area contributed by atoms with E-state index in [1.54, 1.807) is 0 Å². The Balaban J connectivity index is 0. The van der Waals surface area contributed by atoms with Gasteiger partial charge in [-0.15, -0.1) is 0 Å². The zero-order valence-electron chi connectivity index (χ0n) is 9.40. The number of carboxylic acid groups (broad SMARTS) is 2. The van der Waals surface area contributed by atoms with Crippen LogP contribution in [0.2, 0.25) is 0 Å². The van der Waals surface area contributed by atoms with E-state index in [0.29, 0.717) is 0 Å². The number of nitrogens with zero attached hydrogens (tertiary/aromatic N) is 3. The summed E-state index contributed by atoms with van der Waals surface area (Å²) in [5, 5.41) is 23.2. The third kappa shape index (κ3) is 11.9. The third-order valence-corrected chi connectivity index (χ3v) is 1.37. The first-order valence-corrected chi connectivity index (χ1v) is 4.78. The van der Waals surface area contributed by atoms with Gasteiger partial charge in [-0.2, -0.15) is 5.16 Å². The molecule has 8 heteroatoms. The number of aliphatic carboxylic acids is 2. The van der Waals surface area contributed by atoms with Crippen molar-refractivity contribution in [1.82, 2.24) is 4.57 Å². The Morgan fingerprint density at radius 2 is 1.88 bits per heavy atom. The van der Waals surface area contributed by atoms with Gasteiger partial charge in [0.05, 0.1) is 13.6 Å². The highest BCUT2D eigenvalue weighted by Crippen LogP contribution is 1.79. The van der Waals surface area contributed by atoms with E-state index in [1.165, 1.54) is 5.16 Å². The monoisotopic (exact) mass is 259 g/mol. The Bertz CT molecular complexity index is 385. The van der Waals surface area contributed by atoms with Crippen LogP contribution in [0.25, 0.3) is 5.41 Å². The normalized spacial score (nSPS) is 7.65. The van der Waals surface area contributed by atoms with Crippen molar-refractivity contribution in [2.75, 3.05) is 0 Å². The number of carboxylic acids is 2. The van der Waals surface area contributed by atoms with E-state index < -0.39 is 11.9 Å². The maximum Gasteiger partial charge on any atom is 0.414 e. The quantitative estimate of drug-likeness (QED) is 0.323. The van der Waals surface area contributed by atoms with Crippen LogP contribution in [0, 0.1) is 0 Å². The van der Waals surface area contributed by atoms with Gasteiger partial charge in [0.15, 0.2) is 0 Å². The molecule has 1 rings (SSSR count). The highest BCUT2D eigenvalue weighted by atomic mass is 32.1. The van der Waals surface area contributed by atoms with E-state index in [2.05, 4.69) is 36.2 Å². The second-order valence-electron chi connectivity index (χ2n) is 2.61. The zero-order valence-corrected chi connectivity index (χ0v) is 10.2. The smallest absolute Gasteiger partial charge is 0.414 e. The molecule has 94 valence electrons. The van der Waals surface area contributed by atoms with E-state index in [9.17, 15) is 0 Å². The third-order valence-electron chi connectivity index (χ3n) is 1.37. The van der Waals surface area contributed by atoms with E-state index >= 15 is 0 Å². The molecule has 0 radical (unpaired) electrons. The van der Waals surface area contributed by atoms with Gasteiger partial charge >= 0.3 is 11.9 Å². The predicted molar refractivity (Wildman–Crippen MR) is 62.5 cm³/mol. The molecule has 0 atom stereocenters. The molecule has 0 fully saturated rings. The van der Waals surface area contributed by atoms with Crippen LogP contribution in [0.3, 0.4) is 0 Å². The molecule has 0 aliphatic carbocycles. The minimum atomic E-state index is -1.82. The molecule has 0 aliphatic heterocycles. The number of hydrogen-bond donors (Lipinski definition) is 2. The van der Waals surface area contributed by atoms with E-state index in [-0.39, 0.29) is 0 Å². The number of aryl methyl sites for hydroxylation is 2. The SMILES string of the molecule is CCn1cc[n+](C)c1.O=C(O)C(=O)O.[N-]=C=S. The van der Waals surface area contributed by atoms with Gasteiger partial charge in [-0.05, 0) is 6.92 Å². The van der Waals surface area contributed by atoms with Crippen LogP contribution in [-0.2, 0) is 23.2 Å². The average Bonchev–Trinajstić information content (AvgIpc) is 2.66. The molecule has 17 heavy (non-hydrogen) atoms. The molecule has 0 aromatic carbocycles. The van der Waals surface area contributed by atoms with Crippen molar-refractivity contribution in [3.05, 3.63) is 24.1 Å². The molecule has 1 aromatic heterocycles. The summed E-state index contributed by atoms with van der Waals surface area (Å²) >= 11 is 3.70. The number of aromatic nitrogens is 2. The van der Waals surface area contributed by atoms with Crippen LogP contribution in [0.1, 0.15) is 6.92 Å².